The Morgan fingerprint density at radius 3 is 2.53 bits per heavy atom. The number of nitrogens with zero attached hydrogens (tertiary/aromatic N) is 4. The molecule has 0 fully saturated rings. The third kappa shape index (κ3) is 4.60. The van der Waals surface area contributed by atoms with E-state index in [2.05, 4.69) is 15.1 Å². The molecule has 8 heteroatoms. The fraction of sp³-hybridized carbons (Fsp3) is 0.227. The van der Waals surface area contributed by atoms with E-state index in [4.69, 9.17) is 10.5 Å². The summed E-state index contributed by atoms with van der Waals surface area (Å²) in [5.74, 6) is -0.339. The lowest BCUT2D eigenvalue weighted by atomic mass is 10.1. The van der Waals surface area contributed by atoms with Crippen molar-refractivity contribution in [2.24, 2.45) is 0 Å². The second-order valence-electron chi connectivity index (χ2n) is 6.74. The van der Waals surface area contributed by atoms with Crippen LogP contribution in [0, 0.1) is 0 Å². The van der Waals surface area contributed by atoms with Crippen LogP contribution in [0.25, 0.3) is 28.7 Å². The molecular weight excluding hydrogens is 382 g/mol. The van der Waals surface area contributed by atoms with E-state index in [9.17, 15) is 9.59 Å². The van der Waals surface area contributed by atoms with Crippen LogP contribution < -0.4 is 11.3 Å². The molecule has 2 N–H and O–H groups in total. The van der Waals surface area contributed by atoms with E-state index in [1.54, 1.807) is 13.0 Å². The second-order valence-corrected chi connectivity index (χ2v) is 6.74. The summed E-state index contributed by atoms with van der Waals surface area (Å²) in [6.07, 6.45) is 2.70. The van der Waals surface area contributed by atoms with Crippen molar-refractivity contribution < 1.29 is 9.53 Å². The summed E-state index contributed by atoms with van der Waals surface area (Å²) in [7, 11) is 0. The molecule has 30 heavy (non-hydrogen) atoms. The normalized spacial score (nSPS) is 11.2. The Morgan fingerprint density at radius 1 is 1.13 bits per heavy atom. The lowest BCUT2D eigenvalue weighted by Crippen LogP contribution is -2.24. The van der Waals surface area contributed by atoms with E-state index in [0.717, 1.165) is 5.56 Å². The van der Waals surface area contributed by atoms with Crippen molar-refractivity contribution in [2.45, 2.75) is 26.8 Å². The summed E-state index contributed by atoms with van der Waals surface area (Å²) in [6.45, 7) is 5.74. The van der Waals surface area contributed by atoms with Crippen LogP contribution in [0.5, 0.6) is 0 Å². The van der Waals surface area contributed by atoms with Gasteiger partial charge in [0, 0.05) is 17.7 Å². The molecule has 0 bridgehead atoms. The molecule has 154 valence electrons. The van der Waals surface area contributed by atoms with Gasteiger partial charge < -0.3 is 10.5 Å². The molecule has 2 heterocycles. The number of benzene rings is 1. The SMILES string of the molecule is CCOC(=O)/C=C/c1nc(-c2ccc(=O)n(C(C)C)n2)c(-c2ccccc2)nc1N. The molecule has 0 aliphatic heterocycles. The number of hydrogen-bond donors (Lipinski definition) is 1. The second kappa shape index (κ2) is 9.13. The number of aromatic nitrogens is 4. The topological polar surface area (TPSA) is 113 Å². The van der Waals surface area contributed by atoms with E-state index >= 15 is 0 Å². The molecule has 2 aromatic heterocycles. The molecule has 0 unspecified atom stereocenters. The van der Waals surface area contributed by atoms with Crippen LogP contribution in [0.3, 0.4) is 0 Å². The number of nitrogens with two attached hydrogens (primary N) is 1. The predicted molar refractivity (Wildman–Crippen MR) is 115 cm³/mol. The zero-order valence-corrected chi connectivity index (χ0v) is 17.1. The van der Waals surface area contributed by atoms with Crippen molar-refractivity contribution in [3.05, 3.63) is 64.6 Å². The maximum Gasteiger partial charge on any atom is 0.330 e. The molecule has 8 nitrogen and oxygen atoms in total. The van der Waals surface area contributed by atoms with E-state index in [1.807, 2.05) is 44.2 Å². The summed E-state index contributed by atoms with van der Waals surface area (Å²) in [5.41, 5.74) is 8.47. The Hall–Kier alpha value is -3.81. The van der Waals surface area contributed by atoms with Crippen LogP contribution in [0.15, 0.2) is 53.3 Å². The Bertz CT molecular complexity index is 1140. The van der Waals surface area contributed by atoms with E-state index in [1.165, 1.54) is 22.9 Å². The molecule has 0 saturated carbocycles. The highest BCUT2D eigenvalue weighted by Gasteiger charge is 2.17. The summed E-state index contributed by atoms with van der Waals surface area (Å²) >= 11 is 0. The average molecular weight is 405 g/mol. The smallest absolute Gasteiger partial charge is 0.330 e. The van der Waals surface area contributed by atoms with Crippen molar-refractivity contribution >= 4 is 17.9 Å². The molecule has 3 aromatic rings. The van der Waals surface area contributed by atoms with Crippen molar-refractivity contribution in [1.82, 2.24) is 19.7 Å². The van der Waals surface area contributed by atoms with Gasteiger partial charge in [0.15, 0.2) is 0 Å². The maximum absolute atomic E-state index is 12.1. The first-order valence-electron chi connectivity index (χ1n) is 9.58. The van der Waals surface area contributed by atoms with Crippen LogP contribution >= 0.6 is 0 Å². The first-order chi connectivity index (χ1) is 14.4. The molecule has 0 spiro atoms. The molecule has 1 aromatic carbocycles. The van der Waals surface area contributed by atoms with Gasteiger partial charge >= 0.3 is 5.97 Å². The third-order valence-electron chi connectivity index (χ3n) is 4.22. The average Bonchev–Trinajstić information content (AvgIpc) is 2.74. The fourth-order valence-corrected chi connectivity index (χ4v) is 2.82. The van der Waals surface area contributed by atoms with E-state index in [0.29, 0.717) is 22.8 Å². The first kappa shape index (κ1) is 20.9. The van der Waals surface area contributed by atoms with Gasteiger partial charge in [0.05, 0.1) is 12.6 Å². The number of carbonyl (C=O) groups excluding carboxylic acids is 1. The van der Waals surface area contributed by atoms with Gasteiger partial charge in [0.25, 0.3) is 5.56 Å². The predicted octanol–water partition coefficient (Wildman–Crippen LogP) is 3.11. The zero-order valence-electron chi connectivity index (χ0n) is 17.1. The standard InChI is InChI=1S/C22H23N5O3/c1-4-30-19(29)13-11-17-22(23)25-20(15-8-6-5-7-9-15)21(24-17)16-10-12-18(28)27(26-16)14(2)3/h5-14H,4H2,1-3H3,(H2,23,25)/b13-11+. The number of esters is 1. The van der Waals surface area contributed by atoms with Crippen LogP contribution in [0.1, 0.15) is 32.5 Å². The van der Waals surface area contributed by atoms with Gasteiger partial charge in [-0.2, -0.15) is 5.10 Å². The van der Waals surface area contributed by atoms with Gasteiger partial charge in [-0.25, -0.2) is 19.4 Å². The molecule has 3 rings (SSSR count). The van der Waals surface area contributed by atoms with Crippen LogP contribution in [0.2, 0.25) is 0 Å². The fourth-order valence-electron chi connectivity index (χ4n) is 2.82. The van der Waals surface area contributed by atoms with Crippen molar-refractivity contribution in [3.8, 4) is 22.6 Å². The minimum atomic E-state index is -0.501. The van der Waals surface area contributed by atoms with Gasteiger partial charge in [-0.15, -0.1) is 0 Å². The zero-order chi connectivity index (χ0) is 21.7. The number of hydrogen-bond acceptors (Lipinski definition) is 7. The number of anilines is 1. The highest BCUT2D eigenvalue weighted by atomic mass is 16.5. The van der Waals surface area contributed by atoms with Gasteiger partial charge in [0.2, 0.25) is 0 Å². The van der Waals surface area contributed by atoms with Crippen molar-refractivity contribution in [3.63, 3.8) is 0 Å². The Labute approximate surface area is 174 Å². The van der Waals surface area contributed by atoms with Crippen LogP contribution in [0.4, 0.5) is 5.82 Å². The molecule has 0 amide bonds. The van der Waals surface area contributed by atoms with Crippen molar-refractivity contribution in [1.29, 1.82) is 0 Å². The minimum absolute atomic E-state index is 0.123. The van der Waals surface area contributed by atoms with Gasteiger partial charge in [-0.05, 0) is 32.9 Å². The number of rotatable bonds is 6. The summed E-state index contributed by atoms with van der Waals surface area (Å²) in [4.78, 5) is 33.0. The van der Waals surface area contributed by atoms with Crippen LogP contribution in [-0.4, -0.2) is 32.3 Å². The van der Waals surface area contributed by atoms with Gasteiger partial charge in [-0.3, -0.25) is 4.79 Å². The Kier molecular flexibility index (Phi) is 6.36. The van der Waals surface area contributed by atoms with Crippen molar-refractivity contribution in [2.75, 3.05) is 12.3 Å². The van der Waals surface area contributed by atoms with Gasteiger partial charge in [0.1, 0.15) is 28.6 Å². The molecule has 0 saturated heterocycles. The van der Waals surface area contributed by atoms with E-state index in [-0.39, 0.29) is 24.0 Å². The highest BCUT2D eigenvalue weighted by Crippen LogP contribution is 2.29. The minimum Gasteiger partial charge on any atom is -0.463 e. The molecule has 0 atom stereocenters. The number of ether oxygens (including phenoxy) is 1. The Balaban J connectivity index is 2.20. The maximum atomic E-state index is 12.1. The molecule has 0 radical (unpaired) electrons. The molecule has 0 aliphatic rings. The van der Waals surface area contributed by atoms with Crippen LogP contribution in [-0.2, 0) is 9.53 Å². The number of carbonyl (C=O) groups is 1. The lowest BCUT2D eigenvalue weighted by molar-refractivity contribution is -0.137. The molecule has 0 aliphatic carbocycles. The summed E-state index contributed by atoms with van der Waals surface area (Å²) in [5, 5.41) is 4.47. The Morgan fingerprint density at radius 2 is 1.87 bits per heavy atom. The summed E-state index contributed by atoms with van der Waals surface area (Å²) in [6, 6.07) is 12.4. The number of nitrogen functional groups attached to an aromatic ring is 1. The largest absolute Gasteiger partial charge is 0.463 e. The third-order valence-corrected chi connectivity index (χ3v) is 4.22. The summed E-state index contributed by atoms with van der Waals surface area (Å²) < 4.78 is 6.29. The molecular formula is C22H23N5O3. The lowest BCUT2D eigenvalue weighted by Gasteiger charge is -2.13. The quantitative estimate of drug-likeness (QED) is 0.495. The van der Waals surface area contributed by atoms with E-state index < -0.39 is 5.97 Å². The van der Waals surface area contributed by atoms with Gasteiger partial charge in [-0.1, -0.05) is 30.3 Å². The monoisotopic (exact) mass is 405 g/mol. The first-order valence-corrected chi connectivity index (χ1v) is 9.58. The highest BCUT2D eigenvalue weighted by molar-refractivity contribution is 5.88.